The van der Waals surface area contributed by atoms with Crippen molar-refractivity contribution in [1.82, 2.24) is 20.2 Å². The van der Waals surface area contributed by atoms with E-state index in [1.807, 2.05) is 31.3 Å². The molecule has 1 aromatic heterocycles. The maximum Gasteiger partial charge on any atom is 0.196 e. The van der Waals surface area contributed by atoms with E-state index in [4.69, 9.17) is 10.1 Å². The average Bonchev–Trinajstić information content (AvgIpc) is 3.49. The quantitative estimate of drug-likeness (QED) is 0.185. The van der Waals surface area contributed by atoms with Crippen LogP contribution in [0.4, 0.5) is 11.6 Å². The van der Waals surface area contributed by atoms with Crippen LogP contribution < -0.4 is 20.7 Å². The first kappa shape index (κ1) is 29.7. The minimum absolute atomic E-state index is 0.0614. The molecule has 0 aliphatic carbocycles. The molecule has 0 bridgehead atoms. The number of benzene rings is 2. The van der Waals surface area contributed by atoms with Crippen LogP contribution in [0.25, 0.3) is 0 Å². The lowest BCUT2D eigenvalue weighted by Crippen LogP contribution is -2.18. The van der Waals surface area contributed by atoms with Gasteiger partial charge in [0.25, 0.3) is 0 Å². The van der Waals surface area contributed by atoms with Gasteiger partial charge in [-0.3, -0.25) is 9.69 Å². The number of rotatable bonds is 13. The lowest BCUT2D eigenvalue weighted by Gasteiger charge is -2.16. The fourth-order valence-corrected chi connectivity index (χ4v) is 4.27. The molecule has 1 aliphatic rings. The van der Waals surface area contributed by atoms with Crippen molar-refractivity contribution in [2.45, 2.75) is 45.8 Å². The highest BCUT2D eigenvalue weighted by molar-refractivity contribution is 5.91. The molecule has 1 fully saturated rings. The van der Waals surface area contributed by atoms with Gasteiger partial charge >= 0.3 is 0 Å². The third-order valence-corrected chi connectivity index (χ3v) is 6.42. The first-order valence-corrected chi connectivity index (χ1v) is 13.5. The van der Waals surface area contributed by atoms with Crippen LogP contribution in [0.15, 0.2) is 48.5 Å². The van der Waals surface area contributed by atoms with E-state index in [-0.39, 0.29) is 5.82 Å². The van der Waals surface area contributed by atoms with Gasteiger partial charge in [0.15, 0.2) is 12.1 Å². The fraction of sp³-hybridized carbons (Fsp3) is 0.400. The predicted molar refractivity (Wildman–Crippen MR) is 158 cm³/mol. The van der Waals surface area contributed by atoms with Crippen molar-refractivity contribution < 1.29 is 9.53 Å². The zero-order valence-corrected chi connectivity index (χ0v) is 23.3. The number of nitrogens with one attached hydrogen (secondary N) is 4. The highest BCUT2D eigenvalue weighted by atomic mass is 16.5. The summed E-state index contributed by atoms with van der Waals surface area (Å²) in [5, 5.41) is 17.4. The zero-order valence-electron chi connectivity index (χ0n) is 23.3. The van der Waals surface area contributed by atoms with Gasteiger partial charge in [-0.1, -0.05) is 43.3 Å². The third-order valence-electron chi connectivity index (χ3n) is 6.42. The molecule has 0 saturated carbocycles. The Bertz CT molecular complexity index is 1160. The van der Waals surface area contributed by atoms with Crippen LogP contribution in [0.3, 0.4) is 0 Å². The van der Waals surface area contributed by atoms with Crippen LogP contribution in [0.5, 0.6) is 5.75 Å². The van der Waals surface area contributed by atoms with E-state index >= 15 is 0 Å². The van der Waals surface area contributed by atoms with Crippen LogP contribution >= 0.6 is 0 Å². The molecule has 9 nitrogen and oxygen atoms in total. The van der Waals surface area contributed by atoms with Gasteiger partial charge in [0, 0.05) is 25.8 Å². The van der Waals surface area contributed by atoms with Crippen LogP contribution in [-0.4, -0.2) is 61.2 Å². The number of likely N-dealkylation sites (tertiary alicyclic amines) is 1. The summed E-state index contributed by atoms with van der Waals surface area (Å²) in [4.78, 5) is 22.5. The van der Waals surface area contributed by atoms with Gasteiger partial charge in [0.05, 0.1) is 12.7 Å². The Kier molecular flexibility index (Phi) is 12.4. The van der Waals surface area contributed by atoms with Crippen LogP contribution in [-0.2, 0) is 19.6 Å². The first-order chi connectivity index (χ1) is 19.1. The Morgan fingerprint density at radius 2 is 1.46 bits per heavy atom. The summed E-state index contributed by atoms with van der Waals surface area (Å²) in [6.45, 7) is 7.64. The van der Waals surface area contributed by atoms with Crippen molar-refractivity contribution in [3.63, 3.8) is 0 Å². The number of nitrogens with zero attached hydrogens (tertiary/aromatic N) is 3. The summed E-state index contributed by atoms with van der Waals surface area (Å²) < 4.78 is 5.19. The molecule has 4 rings (SSSR count). The molecular formula is C30H41N7O2. The third kappa shape index (κ3) is 9.46. The summed E-state index contributed by atoms with van der Waals surface area (Å²) in [7, 11) is 3.59. The molecule has 1 saturated heterocycles. The van der Waals surface area contributed by atoms with Crippen molar-refractivity contribution in [3.8, 4) is 5.75 Å². The Balaban J connectivity index is 0.000000771. The molecule has 0 unspecified atom stereocenters. The molecule has 0 spiro atoms. The van der Waals surface area contributed by atoms with Gasteiger partial charge in [0.1, 0.15) is 17.4 Å². The number of carbonyl (C=O) groups excluding carboxylic acids is 1. The second kappa shape index (κ2) is 16.2. The van der Waals surface area contributed by atoms with Crippen molar-refractivity contribution in [2.24, 2.45) is 0 Å². The summed E-state index contributed by atoms with van der Waals surface area (Å²) in [6, 6.07) is 16.2. The smallest absolute Gasteiger partial charge is 0.196 e. The van der Waals surface area contributed by atoms with Crippen molar-refractivity contribution in [2.75, 3.05) is 44.4 Å². The summed E-state index contributed by atoms with van der Waals surface area (Å²) in [5.41, 5.74) is 3.93. The van der Waals surface area contributed by atoms with Gasteiger partial charge in [-0.15, -0.1) is 0 Å². The van der Waals surface area contributed by atoms with E-state index in [9.17, 15) is 4.79 Å². The number of aldehydes is 1. The number of methoxy groups -OCH3 is 1. The summed E-state index contributed by atoms with van der Waals surface area (Å²) in [6.07, 6.45) is 5.62. The van der Waals surface area contributed by atoms with E-state index in [1.165, 1.54) is 44.1 Å². The minimum Gasteiger partial charge on any atom is -0.497 e. The fourth-order valence-electron chi connectivity index (χ4n) is 4.27. The van der Waals surface area contributed by atoms with Gasteiger partial charge < -0.3 is 26.1 Å². The molecule has 0 amide bonds. The second-order valence-electron chi connectivity index (χ2n) is 9.41. The molecule has 3 aromatic rings. The maximum atomic E-state index is 11.5. The summed E-state index contributed by atoms with van der Waals surface area (Å²) in [5.74, 6) is 1.73. The lowest BCUT2D eigenvalue weighted by atomic mass is 10.1. The second-order valence-corrected chi connectivity index (χ2v) is 9.41. The van der Waals surface area contributed by atoms with E-state index in [0.717, 1.165) is 30.0 Å². The lowest BCUT2D eigenvalue weighted by molar-refractivity contribution is 0.111. The minimum atomic E-state index is 0.0614. The van der Waals surface area contributed by atoms with Gasteiger partial charge in [0.2, 0.25) is 0 Å². The van der Waals surface area contributed by atoms with Gasteiger partial charge in [-0.25, -0.2) is 9.97 Å². The maximum absolute atomic E-state index is 11.5. The number of hydrogen-bond acceptors (Lipinski definition) is 9. The molecule has 4 N–H and O–H groups in total. The first-order valence-electron chi connectivity index (χ1n) is 13.5. The van der Waals surface area contributed by atoms with E-state index in [0.29, 0.717) is 36.6 Å². The van der Waals surface area contributed by atoms with Crippen molar-refractivity contribution >= 4 is 24.1 Å². The average molecular weight is 532 g/mol. The highest BCUT2D eigenvalue weighted by Gasteiger charge is 2.14. The Morgan fingerprint density at radius 3 is 1.90 bits per heavy atom. The van der Waals surface area contributed by atoms with E-state index in [1.54, 1.807) is 7.11 Å². The number of hydrogen-bond donors (Lipinski definition) is 4. The molecule has 1 aliphatic heterocycles. The number of anilines is 2. The Labute approximate surface area is 231 Å². The molecule has 2 heterocycles. The van der Waals surface area contributed by atoms with E-state index in [2.05, 4.69) is 62.0 Å². The molecule has 39 heavy (non-hydrogen) atoms. The monoisotopic (exact) mass is 531 g/mol. The Morgan fingerprint density at radius 1 is 0.923 bits per heavy atom. The standard InChI is InChI=1S/C26H30N6O2.C4H11N/c1-34-22-10-8-20(9-11-22)16-29-26-23(14-27)25(30-24(18-33)31-26)28-15-19-4-6-21(7-5-19)17-32-12-2-3-13-32;1-3-4-5-2/h4-11,14,18,27H,2-3,12-13,15-17H2,1H3,(H2,28,29,30,31);5H,3-4H2,1-2H3. The number of aromatic nitrogens is 2. The van der Waals surface area contributed by atoms with Crippen LogP contribution in [0, 0.1) is 5.41 Å². The molecule has 0 radical (unpaired) electrons. The Hall–Kier alpha value is -3.82. The normalized spacial score (nSPS) is 12.8. The molecule has 9 heteroatoms. The van der Waals surface area contributed by atoms with E-state index < -0.39 is 0 Å². The molecule has 2 aromatic carbocycles. The topological polar surface area (TPSA) is 115 Å². The predicted octanol–water partition coefficient (Wildman–Crippen LogP) is 4.73. The molecule has 0 atom stereocenters. The zero-order chi connectivity index (χ0) is 27.9. The highest BCUT2D eigenvalue weighted by Crippen LogP contribution is 2.21. The van der Waals surface area contributed by atoms with Gasteiger partial charge in [-0.05, 0) is 74.8 Å². The number of ether oxygens (including phenoxy) is 1. The van der Waals surface area contributed by atoms with Crippen LogP contribution in [0.2, 0.25) is 0 Å². The van der Waals surface area contributed by atoms with Gasteiger partial charge in [-0.2, -0.15) is 0 Å². The van der Waals surface area contributed by atoms with Crippen LogP contribution in [0.1, 0.15) is 59.1 Å². The molecule has 208 valence electrons. The summed E-state index contributed by atoms with van der Waals surface area (Å²) >= 11 is 0. The van der Waals surface area contributed by atoms with Crippen molar-refractivity contribution in [1.29, 1.82) is 5.41 Å². The van der Waals surface area contributed by atoms with Crippen molar-refractivity contribution in [3.05, 3.63) is 76.6 Å². The number of carbonyl (C=O) groups is 1. The molecular weight excluding hydrogens is 490 g/mol. The largest absolute Gasteiger partial charge is 0.497 e. The SMILES string of the molecule is CCCNC.COc1ccc(CNc2nc(C=O)nc(NCc3ccc(CN4CCCC4)cc3)c2C=N)cc1.